The molecule has 146 valence electrons. The molecule has 0 bridgehead atoms. The first-order valence-corrected chi connectivity index (χ1v) is 9.42. The second-order valence-corrected chi connectivity index (χ2v) is 6.57. The predicted octanol–water partition coefficient (Wildman–Crippen LogP) is 1.57. The Labute approximate surface area is 162 Å². The molecule has 0 spiro atoms. The number of carbonyl (C=O) groups excluding carboxylic acids is 2. The van der Waals surface area contributed by atoms with Crippen molar-refractivity contribution >= 4 is 28.9 Å². The molecule has 2 N–H and O–H groups in total. The van der Waals surface area contributed by atoms with Crippen LogP contribution in [0, 0.1) is 0 Å². The van der Waals surface area contributed by atoms with Crippen LogP contribution in [0.5, 0.6) is 0 Å². The molecule has 1 saturated heterocycles. The number of allylic oxidation sites excluding steroid dienone is 1. The zero-order valence-electron chi connectivity index (χ0n) is 15.7. The number of Topliss-reactive ketones (excluding diaryl/α,β-unsaturated/α-hetero) is 1. The van der Waals surface area contributed by atoms with Crippen LogP contribution >= 0.6 is 0 Å². The molecule has 2 aromatic heterocycles. The van der Waals surface area contributed by atoms with E-state index < -0.39 is 11.8 Å². The molecule has 8 nitrogen and oxygen atoms in total. The maximum Gasteiger partial charge on any atom is 0.347 e. The van der Waals surface area contributed by atoms with Gasteiger partial charge in [0.05, 0.1) is 6.61 Å². The third-order valence-corrected chi connectivity index (χ3v) is 4.75. The molecule has 4 heterocycles. The Morgan fingerprint density at radius 2 is 2.29 bits per heavy atom. The largest absolute Gasteiger partial charge is 0.462 e. The van der Waals surface area contributed by atoms with Gasteiger partial charge in [0.25, 0.3) is 0 Å². The van der Waals surface area contributed by atoms with Crippen LogP contribution < -0.4 is 5.32 Å². The second-order valence-electron chi connectivity index (χ2n) is 6.57. The zero-order chi connectivity index (χ0) is 19.5. The van der Waals surface area contributed by atoms with E-state index in [-0.39, 0.29) is 23.8 Å². The standard InChI is InChI=1S/C20H22N4O4/c1-2-27-20(26)16-17(25)15(28-19(16)24-9-4-6-21-8-10-24)11-13-12-23-18-14(13)5-3-7-22-18/h3,5,7,11-12,21H,2,4,6,8-10H2,1H3,(H,22,23)/b15-11-. The van der Waals surface area contributed by atoms with E-state index in [1.54, 1.807) is 25.4 Å². The number of H-pyrrole nitrogens is 1. The number of pyridine rings is 1. The lowest BCUT2D eigenvalue weighted by atomic mass is 10.1. The highest BCUT2D eigenvalue weighted by molar-refractivity contribution is 6.26. The fraction of sp³-hybridized carbons (Fsp3) is 0.350. The van der Waals surface area contributed by atoms with E-state index >= 15 is 0 Å². The van der Waals surface area contributed by atoms with E-state index in [0.29, 0.717) is 13.1 Å². The van der Waals surface area contributed by atoms with Crippen molar-refractivity contribution in [3.63, 3.8) is 0 Å². The molecule has 2 aromatic rings. The van der Waals surface area contributed by atoms with Gasteiger partial charge in [0, 0.05) is 43.0 Å². The number of rotatable bonds is 4. The summed E-state index contributed by atoms with van der Waals surface area (Å²) in [7, 11) is 0. The highest BCUT2D eigenvalue weighted by atomic mass is 16.5. The molecule has 0 amide bonds. The smallest absolute Gasteiger partial charge is 0.347 e. The molecule has 1 fully saturated rings. The molecule has 0 aliphatic carbocycles. The lowest BCUT2D eigenvalue weighted by Crippen LogP contribution is -2.29. The molecule has 2 aliphatic heterocycles. The molecular formula is C20H22N4O4. The van der Waals surface area contributed by atoms with Crippen molar-refractivity contribution in [1.29, 1.82) is 0 Å². The van der Waals surface area contributed by atoms with Gasteiger partial charge in [-0.05, 0) is 38.1 Å². The van der Waals surface area contributed by atoms with E-state index in [2.05, 4.69) is 15.3 Å². The van der Waals surface area contributed by atoms with Crippen LogP contribution in [-0.2, 0) is 19.1 Å². The van der Waals surface area contributed by atoms with Gasteiger partial charge in [0.2, 0.25) is 11.7 Å². The Morgan fingerprint density at radius 3 is 3.14 bits per heavy atom. The minimum absolute atomic E-state index is 0.0343. The first-order valence-electron chi connectivity index (χ1n) is 9.42. The third kappa shape index (κ3) is 3.38. The Bertz CT molecular complexity index is 967. The van der Waals surface area contributed by atoms with Crippen LogP contribution in [0.4, 0.5) is 0 Å². The van der Waals surface area contributed by atoms with Crippen molar-refractivity contribution in [2.75, 3.05) is 32.8 Å². The van der Waals surface area contributed by atoms with Gasteiger partial charge in [-0.25, -0.2) is 9.78 Å². The highest BCUT2D eigenvalue weighted by Gasteiger charge is 2.39. The monoisotopic (exact) mass is 382 g/mol. The third-order valence-electron chi connectivity index (χ3n) is 4.75. The molecule has 8 heteroatoms. The predicted molar refractivity (Wildman–Crippen MR) is 103 cm³/mol. The number of esters is 1. The number of carbonyl (C=O) groups is 2. The van der Waals surface area contributed by atoms with Crippen molar-refractivity contribution in [2.24, 2.45) is 0 Å². The molecule has 0 saturated carbocycles. The quantitative estimate of drug-likeness (QED) is 0.471. The van der Waals surface area contributed by atoms with Gasteiger partial charge in [-0.3, -0.25) is 4.79 Å². The van der Waals surface area contributed by atoms with Gasteiger partial charge >= 0.3 is 5.97 Å². The fourth-order valence-corrected chi connectivity index (χ4v) is 3.41. The molecule has 0 unspecified atom stereocenters. The number of ketones is 1. The van der Waals surface area contributed by atoms with E-state index in [0.717, 1.165) is 36.1 Å². The summed E-state index contributed by atoms with van der Waals surface area (Å²) in [4.78, 5) is 34.7. The van der Waals surface area contributed by atoms with Crippen molar-refractivity contribution in [1.82, 2.24) is 20.2 Å². The van der Waals surface area contributed by atoms with Crippen molar-refractivity contribution in [3.8, 4) is 0 Å². The zero-order valence-corrected chi connectivity index (χ0v) is 15.7. The number of aromatic nitrogens is 2. The normalized spacial score (nSPS) is 19.2. The molecule has 2 aliphatic rings. The SMILES string of the molecule is CCOC(=O)C1=C(N2CCCNCC2)O/C(=C\c2c[nH]c3ncccc23)C1=O. The van der Waals surface area contributed by atoms with Gasteiger partial charge in [-0.1, -0.05) is 0 Å². The molecule has 0 aromatic carbocycles. The summed E-state index contributed by atoms with van der Waals surface area (Å²) in [5, 5.41) is 4.17. The number of ether oxygens (including phenoxy) is 2. The summed E-state index contributed by atoms with van der Waals surface area (Å²) in [5.74, 6) is -0.705. The summed E-state index contributed by atoms with van der Waals surface area (Å²) < 4.78 is 11.0. The number of nitrogens with zero attached hydrogens (tertiary/aromatic N) is 2. The summed E-state index contributed by atoms with van der Waals surface area (Å²) in [6, 6.07) is 3.74. The van der Waals surface area contributed by atoms with Gasteiger partial charge < -0.3 is 24.7 Å². The van der Waals surface area contributed by atoms with E-state index in [9.17, 15) is 9.59 Å². The number of hydrogen-bond acceptors (Lipinski definition) is 7. The Balaban J connectivity index is 1.70. The Kier molecular flexibility index (Phi) is 5.12. The lowest BCUT2D eigenvalue weighted by molar-refractivity contribution is -0.139. The van der Waals surface area contributed by atoms with E-state index in [4.69, 9.17) is 9.47 Å². The van der Waals surface area contributed by atoms with Crippen LogP contribution in [0.25, 0.3) is 17.1 Å². The molecule has 0 atom stereocenters. The number of nitrogens with one attached hydrogen (secondary N) is 2. The van der Waals surface area contributed by atoms with Gasteiger partial charge in [0.1, 0.15) is 5.65 Å². The van der Waals surface area contributed by atoms with Crippen LogP contribution in [-0.4, -0.2) is 59.4 Å². The van der Waals surface area contributed by atoms with E-state index in [1.807, 2.05) is 17.0 Å². The van der Waals surface area contributed by atoms with Crippen LogP contribution in [0.2, 0.25) is 0 Å². The summed E-state index contributed by atoms with van der Waals surface area (Å²) in [6.07, 6.45) is 5.99. The maximum absolute atomic E-state index is 13.0. The lowest BCUT2D eigenvalue weighted by Gasteiger charge is -2.22. The van der Waals surface area contributed by atoms with Crippen molar-refractivity contribution in [3.05, 3.63) is 47.3 Å². The summed E-state index contributed by atoms with van der Waals surface area (Å²) in [5.41, 5.74) is 1.46. The maximum atomic E-state index is 13.0. The summed E-state index contributed by atoms with van der Waals surface area (Å²) >= 11 is 0. The second kappa shape index (κ2) is 7.85. The minimum atomic E-state index is -0.649. The molecule has 4 rings (SSSR count). The minimum Gasteiger partial charge on any atom is -0.462 e. The van der Waals surface area contributed by atoms with Crippen molar-refractivity contribution in [2.45, 2.75) is 13.3 Å². The number of hydrogen-bond donors (Lipinski definition) is 2. The van der Waals surface area contributed by atoms with Crippen LogP contribution in [0.3, 0.4) is 0 Å². The fourth-order valence-electron chi connectivity index (χ4n) is 3.41. The van der Waals surface area contributed by atoms with Crippen LogP contribution in [0.15, 0.2) is 41.7 Å². The van der Waals surface area contributed by atoms with Crippen LogP contribution in [0.1, 0.15) is 18.9 Å². The number of aromatic amines is 1. The molecule has 0 radical (unpaired) electrons. The van der Waals surface area contributed by atoms with Crippen molar-refractivity contribution < 1.29 is 19.1 Å². The van der Waals surface area contributed by atoms with E-state index in [1.165, 1.54) is 0 Å². The molecular weight excluding hydrogens is 360 g/mol. The Morgan fingerprint density at radius 1 is 1.39 bits per heavy atom. The highest BCUT2D eigenvalue weighted by Crippen LogP contribution is 2.31. The first-order chi connectivity index (χ1) is 13.7. The average molecular weight is 382 g/mol. The first kappa shape index (κ1) is 18.2. The summed E-state index contributed by atoms with van der Waals surface area (Å²) in [6.45, 7) is 4.89. The Hall–Kier alpha value is -3.13. The number of fused-ring (bicyclic) bond motifs is 1. The van der Waals surface area contributed by atoms with Gasteiger partial charge in [-0.2, -0.15) is 0 Å². The van der Waals surface area contributed by atoms with Gasteiger partial charge in [0.15, 0.2) is 11.3 Å². The average Bonchev–Trinajstić information content (AvgIpc) is 3.12. The topological polar surface area (TPSA) is 96.6 Å². The molecule has 28 heavy (non-hydrogen) atoms. The van der Waals surface area contributed by atoms with Gasteiger partial charge in [-0.15, -0.1) is 0 Å².